The van der Waals surface area contributed by atoms with E-state index in [0.717, 1.165) is 21.6 Å². The van der Waals surface area contributed by atoms with Crippen molar-refractivity contribution in [2.45, 2.75) is 56.4 Å². The molecule has 4 aromatic carbocycles. The average Bonchev–Trinajstić information content (AvgIpc) is 3.57. The zero-order chi connectivity index (χ0) is 41.4. The van der Waals surface area contributed by atoms with Crippen LogP contribution >= 0.6 is 23.1 Å². The number of esters is 1. The summed E-state index contributed by atoms with van der Waals surface area (Å²) >= 11 is 2.50. The van der Waals surface area contributed by atoms with E-state index in [1.54, 1.807) is 87.2 Å². The Bertz CT molecular complexity index is 2340. The van der Waals surface area contributed by atoms with Crippen LogP contribution in [0.4, 0.5) is 15.5 Å². The standard InChI is InChI=1S/C45H44N4O7S2/c1-28(39(50)48-42-38(43(53)55-5)35-23-24-49(27-37(35)58-42)44(54)56-45(2,3)4)57-34-18-12-17-33(26-34)46-41(52)36(47-40(51)32-15-10-7-11-16-32)25-29-19-21-31(22-20-29)30-13-8-6-9-14-30/h6-22,25-26,28H,23-24,27H2,1-5H3,(H,46,52)(H,47,51)(H,48,50)/b36-25+. The zero-order valence-electron chi connectivity index (χ0n) is 32.8. The van der Waals surface area contributed by atoms with Crippen LogP contribution in [0.5, 0.6) is 0 Å². The number of ether oxygens (including phenoxy) is 2. The van der Waals surface area contributed by atoms with E-state index in [-0.39, 0.29) is 23.7 Å². The molecule has 0 aliphatic carbocycles. The van der Waals surface area contributed by atoms with Crippen LogP contribution in [0, 0.1) is 0 Å². The molecule has 1 atom stereocenters. The average molecular weight is 817 g/mol. The molecular weight excluding hydrogens is 773 g/mol. The molecule has 3 N–H and O–H groups in total. The van der Waals surface area contributed by atoms with Gasteiger partial charge in [-0.25, -0.2) is 9.59 Å². The molecule has 0 spiro atoms. The Hall–Kier alpha value is -6.18. The summed E-state index contributed by atoms with van der Waals surface area (Å²) in [5.41, 5.74) is 4.06. The Morgan fingerprint density at radius 2 is 1.52 bits per heavy atom. The lowest BCUT2D eigenvalue weighted by Crippen LogP contribution is -2.39. The lowest BCUT2D eigenvalue weighted by molar-refractivity contribution is -0.115. The predicted octanol–water partition coefficient (Wildman–Crippen LogP) is 9.02. The van der Waals surface area contributed by atoms with Gasteiger partial charge in [-0.05, 0) is 92.8 Å². The molecule has 0 radical (unpaired) electrons. The molecule has 1 unspecified atom stereocenters. The van der Waals surface area contributed by atoms with Gasteiger partial charge in [-0.1, -0.05) is 78.9 Å². The maximum Gasteiger partial charge on any atom is 0.410 e. The van der Waals surface area contributed by atoms with Gasteiger partial charge in [0, 0.05) is 27.6 Å². The van der Waals surface area contributed by atoms with Gasteiger partial charge in [0.05, 0.1) is 24.5 Å². The van der Waals surface area contributed by atoms with Gasteiger partial charge < -0.3 is 30.3 Å². The lowest BCUT2D eigenvalue weighted by Gasteiger charge is -2.30. The van der Waals surface area contributed by atoms with Crippen molar-refractivity contribution in [3.05, 3.63) is 142 Å². The third kappa shape index (κ3) is 10.6. The number of rotatable bonds is 11. The van der Waals surface area contributed by atoms with Crippen LogP contribution in [-0.2, 0) is 32.0 Å². The molecule has 0 saturated carbocycles. The van der Waals surface area contributed by atoms with Crippen molar-refractivity contribution in [3.63, 3.8) is 0 Å². The largest absolute Gasteiger partial charge is 0.465 e. The smallest absolute Gasteiger partial charge is 0.410 e. The molecule has 2 heterocycles. The molecule has 6 rings (SSSR count). The number of nitrogens with zero attached hydrogens (tertiary/aromatic N) is 1. The number of thioether (sulfide) groups is 1. The summed E-state index contributed by atoms with van der Waals surface area (Å²) in [5.74, 6) is -1.89. The third-order valence-electron chi connectivity index (χ3n) is 8.97. The second-order valence-corrected chi connectivity index (χ2v) is 17.0. The van der Waals surface area contributed by atoms with Crippen LogP contribution in [0.25, 0.3) is 17.2 Å². The monoisotopic (exact) mass is 816 g/mol. The molecular formula is C45H44N4O7S2. The van der Waals surface area contributed by atoms with Gasteiger partial charge in [0.1, 0.15) is 16.3 Å². The van der Waals surface area contributed by atoms with Gasteiger partial charge in [0.15, 0.2) is 0 Å². The second-order valence-electron chi connectivity index (χ2n) is 14.4. The minimum atomic E-state index is -0.654. The summed E-state index contributed by atoms with van der Waals surface area (Å²) in [6.45, 7) is 7.74. The summed E-state index contributed by atoms with van der Waals surface area (Å²) in [5, 5.41) is 8.33. The van der Waals surface area contributed by atoms with Crippen molar-refractivity contribution in [2.75, 3.05) is 24.3 Å². The van der Waals surface area contributed by atoms with E-state index in [1.165, 1.54) is 30.2 Å². The van der Waals surface area contributed by atoms with Gasteiger partial charge >= 0.3 is 12.1 Å². The Morgan fingerprint density at radius 1 is 0.845 bits per heavy atom. The van der Waals surface area contributed by atoms with E-state index in [0.29, 0.717) is 39.7 Å². The number of methoxy groups -OCH3 is 1. The summed E-state index contributed by atoms with van der Waals surface area (Å²) in [6.07, 6.45) is 1.58. The third-order valence-corrected chi connectivity index (χ3v) is 11.2. The Balaban J connectivity index is 1.15. The summed E-state index contributed by atoms with van der Waals surface area (Å²) < 4.78 is 10.6. The summed E-state index contributed by atoms with van der Waals surface area (Å²) in [4.78, 5) is 69.4. The molecule has 13 heteroatoms. The van der Waals surface area contributed by atoms with Gasteiger partial charge in [0.25, 0.3) is 11.8 Å². The molecule has 298 valence electrons. The molecule has 5 aromatic rings. The van der Waals surface area contributed by atoms with E-state index in [2.05, 4.69) is 16.0 Å². The van der Waals surface area contributed by atoms with Crippen molar-refractivity contribution in [1.29, 1.82) is 0 Å². The first-order valence-electron chi connectivity index (χ1n) is 18.6. The number of amides is 4. The predicted molar refractivity (Wildman–Crippen MR) is 229 cm³/mol. The first-order chi connectivity index (χ1) is 27.8. The molecule has 1 aliphatic heterocycles. The maximum absolute atomic E-state index is 13.8. The van der Waals surface area contributed by atoms with Crippen LogP contribution in [0.1, 0.15) is 64.4 Å². The van der Waals surface area contributed by atoms with E-state index in [4.69, 9.17) is 9.47 Å². The SMILES string of the molecule is COC(=O)c1c(NC(=O)C(C)Sc2cccc(NC(=O)/C(=C\c3ccc(-c4ccccc4)cc3)NC(=O)c3ccccc3)c2)sc2c1CCN(C(=O)OC(C)(C)C)C2. The number of hydrogen-bond acceptors (Lipinski definition) is 9. The fourth-order valence-corrected chi connectivity index (χ4v) is 8.30. The van der Waals surface area contributed by atoms with Crippen molar-refractivity contribution >= 4 is 69.6 Å². The van der Waals surface area contributed by atoms with Crippen molar-refractivity contribution in [1.82, 2.24) is 10.2 Å². The molecule has 0 saturated heterocycles. The number of hydrogen-bond donors (Lipinski definition) is 3. The highest BCUT2D eigenvalue weighted by atomic mass is 32.2. The number of benzene rings is 4. The van der Waals surface area contributed by atoms with Crippen LogP contribution in [0.2, 0.25) is 0 Å². The first kappa shape index (κ1) is 41.5. The Morgan fingerprint density at radius 3 is 2.19 bits per heavy atom. The minimum Gasteiger partial charge on any atom is -0.465 e. The molecule has 4 amide bonds. The zero-order valence-corrected chi connectivity index (χ0v) is 34.4. The topological polar surface area (TPSA) is 143 Å². The molecule has 58 heavy (non-hydrogen) atoms. The van der Waals surface area contributed by atoms with E-state index >= 15 is 0 Å². The summed E-state index contributed by atoms with van der Waals surface area (Å²) in [6, 6.07) is 33.3. The Labute approximate surface area is 345 Å². The number of nitrogens with one attached hydrogen (secondary N) is 3. The van der Waals surface area contributed by atoms with E-state index < -0.39 is 34.7 Å². The molecule has 1 aliphatic rings. The van der Waals surface area contributed by atoms with E-state index in [9.17, 15) is 24.0 Å². The molecule has 11 nitrogen and oxygen atoms in total. The lowest BCUT2D eigenvalue weighted by atomic mass is 10.0. The highest BCUT2D eigenvalue weighted by Crippen LogP contribution is 2.39. The fraction of sp³-hybridized carbons (Fsp3) is 0.222. The normalized spacial score (nSPS) is 13.1. The molecule has 0 bridgehead atoms. The van der Waals surface area contributed by atoms with Gasteiger partial charge in [-0.3, -0.25) is 14.4 Å². The van der Waals surface area contributed by atoms with Gasteiger partial charge in [-0.2, -0.15) is 0 Å². The molecule has 1 aromatic heterocycles. The highest BCUT2D eigenvalue weighted by Gasteiger charge is 2.33. The Kier molecular flexibility index (Phi) is 13.1. The van der Waals surface area contributed by atoms with Crippen LogP contribution in [0.3, 0.4) is 0 Å². The fourth-order valence-electron chi connectivity index (χ4n) is 6.12. The van der Waals surface area contributed by atoms with E-state index in [1.807, 2.05) is 60.7 Å². The second kappa shape index (κ2) is 18.4. The maximum atomic E-state index is 13.8. The minimum absolute atomic E-state index is 0.0430. The number of carbonyl (C=O) groups excluding carboxylic acids is 5. The highest BCUT2D eigenvalue weighted by molar-refractivity contribution is 8.00. The number of anilines is 2. The molecule has 0 fully saturated rings. The van der Waals surface area contributed by atoms with Crippen LogP contribution in [0.15, 0.2) is 120 Å². The summed E-state index contributed by atoms with van der Waals surface area (Å²) in [7, 11) is 1.29. The van der Waals surface area contributed by atoms with Crippen molar-refractivity contribution in [3.8, 4) is 11.1 Å². The van der Waals surface area contributed by atoms with Gasteiger partial charge in [-0.15, -0.1) is 23.1 Å². The number of thiophene rings is 1. The number of fused-ring (bicyclic) bond motifs is 1. The van der Waals surface area contributed by atoms with Crippen LogP contribution < -0.4 is 16.0 Å². The first-order valence-corrected chi connectivity index (χ1v) is 20.3. The van der Waals surface area contributed by atoms with Crippen LogP contribution in [-0.4, -0.2) is 59.2 Å². The van der Waals surface area contributed by atoms with Crippen molar-refractivity contribution in [2.24, 2.45) is 0 Å². The van der Waals surface area contributed by atoms with Crippen molar-refractivity contribution < 1.29 is 33.4 Å². The quantitative estimate of drug-likeness (QED) is 0.0681. The van der Waals surface area contributed by atoms with Gasteiger partial charge in [0.2, 0.25) is 5.91 Å². The number of carbonyl (C=O) groups is 5.